The van der Waals surface area contributed by atoms with Crippen LogP contribution >= 0.6 is 27.5 Å². The molecule has 1 atom stereocenters. The van der Waals surface area contributed by atoms with Crippen molar-refractivity contribution in [2.75, 3.05) is 6.54 Å². The van der Waals surface area contributed by atoms with Gasteiger partial charge in [0.05, 0.1) is 6.04 Å². The van der Waals surface area contributed by atoms with Gasteiger partial charge in [-0.1, -0.05) is 58.7 Å². The Bertz CT molecular complexity index is 566. The highest BCUT2D eigenvalue weighted by Crippen LogP contribution is 2.27. The van der Waals surface area contributed by atoms with E-state index in [2.05, 4.69) is 65.4 Å². The number of hydrogen-bond donors (Lipinski definition) is 1. The van der Waals surface area contributed by atoms with Gasteiger partial charge < -0.3 is 5.32 Å². The molecule has 0 bridgehead atoms. The van der Waals surface area contributed by atoms with Crippen molar-refractivity contribution in [1.82, 2.24) is 5.32 Å². The number of hydrogen-bond acceptors (Lipinski definition) is 1. The fraction of sp³-hybridized carbons (Fsp3) is 0.294. The second-order valence-corrected chi connectivity index (χ2v) is 6.24. The van der Waals surface area contributed by atoms with E-state index in [0.717, 1.165) is 22.5 Å². The van der Waals surface area contributed by atoms with Crippen molar-refractivity contribution < 1.29 is 0 Å². The van der Waals surface area contributed by atoms with Crippen molar-refractivity contribution >= 4 is 27.5 Å². The summed E-state index contributed by atoms with van der Waals surface area (Å²) in [6, 6.07) is 14.8. The smallest absolute Gasteiger partial charge is 0.0577 e. The van der Waals surface area contributed by atoms with Crippen LogP contribution in [0.1, 0.15) is 36.1 Å². The lowest BCUT2D eigenvalue weighted by atomic mass is 9.97. The molecule has 20 heavy (non-hydrogen) atoms. The van der Waals surface area contributed by atoms with E-state index in [-0.39, 0.29) is 6.04 Å². The Labute approximate surface area is 134 Å². The lowest BCUT2D eigenvalue weighted by Gasteiger charge is -2.20. The first-order valence-corrected chi connectivity index (χ1v) is 8.04. The molecule has 2 rings (SSSR count). The van der Waals surface area contributed by atoms with E-state index in [1.54, 1.807) is 0 Å². The van der Waals surface area contributed by atoms with Gasteiger partial charge in [-0.2, -0.15) is 0 Å². The summed E-state index contributed by atoms with van der Waals surface area (Å²) >= 11 is 9.60. The summed E-state index contributed by atoms with van der Waals surface area (Å²) in [4.78, 5) is 0. The maximum Gasteiger partial charge on any atom is 0.0577 e. The second kappa shape index (κ2) is 7.26. The molecular weight excluding hydrogens is 334 g/mol. The zero-order valence-electron chi connectivity index (χ0n) is 11.8. The largest absolute Gasteiger partial charge is 0.306 e. The maximum atomic E-state index is 5.98. The Balaban J connectivity index is 2.35. The van der Waals surface area contributed by atoms with Gasteiger partial charge in [0, 0.05) is 9.50 Å². The summed E-state index contributed by atoms with van der Waals surface area (Å²) in [5.41, 5.74) is 3.75. The number of benzene rings is 2. The Morgan fingerprint density at radius 3 is 2.35 bits per heavy atom. The molecule has 0 fully saturated rings. The standard InChI is InChI=1S/C17H19BrClN/c1-3-10-20-17(13-6-8-15(19)9-7-13)14-5-4-12(2)16(18)11-14/h4-9,11,17,20H,3,10H2,1-2H3. The van der Waals surface area contributed by atoms with Crippen LogP contribution < -0.4 is 5.32 Å². The predicted molar refractivity (Wildman–Crippen MR) is 90.5 cm³/mol. The zero-order chi connectivity index (χ0) is 14.5. The van der Waals surface area contributed by atoms with Gasteiger partial charge in [-0.25, -0.2) is 0 Å². The van der Waals surface area contributed by atoms with Crippen molar-refractivity contribution in [3.8, 4) is 0 Å². The van der Waals surface area contributed by atoms with Crippen molar-refractivity contribution in [3.63, 3.8) is 0 Å². The number of aryl methyl sites for hydroxylation is 1. The fourth-order valence-electron chi connectivity index (χ4n) is 2.16. The van der Waals surface area contributed by atoms with Crippen LogP contribution in [-0.4, -0.2) is 6.54 Å². The highest BCUT2D eigenvalue weighted by atomic mass is 79.9. The monoisotopic (exact) mass is 351 g/mol. The third-order valence-electron chi connectivity index (χ3n) is 3.33. The number of nitrogens with one attached hydrogen (secondary N) is 1. The fourth-order valence-corrected chi connectivity index (χ4v) is 2.68. The van der Waals surface area contributed by atoms with E-state index < -0.39 is 0 Å². The van der Waals surface area contributed by atoms with E-state index in [9.17, 15) is 0 Å². The molecular formula is C17H19BrClN. The molecule has 106 valence electrons. The molecule has 0 aliphatic rings. The van der Waals surface area contributed by atoms with E-state index >= 15 is 0 Å². The van der Waals surface area contributed by atoms with Crippen molar-refractivity contribution in [3.05, 3.63) is 68.7 Å². The molecule has 0 saturated heterocycles. The van der Waals surface area contributed by atoms with E-state index in [1.165, 1.54) is 16.7 Å². The molecule has 2 aromatic carbocycles. The van der Waals surface area contributed by atoms with Gasteiger partial charge in [-0.3, -0.25) is 0 Å². The predicted octanol–water partition coefficient (Wildman–Crippen LogP) is 5.50. The first-order chi connectivity index (χ1) is 9.61. The van der Waals surface area contributed by atoms with Crippen LogP contribution in [0.15, 0.2) is 46.9 Å². The molecule has 0 spiro atoms. The highest BCUT2D eigenvalue weighted by molar-refractivity contribution is 9.10. The molecule has 1 unspecified atom stereocenters. The van der Waals surface area contributed by atoms with E-state index in [0.29, 0.717) is 0 Å². The molecule has 0 amide bonds. The van der Waals surface area contributed by atoms with Crippen LogP contribution in [0.4, 0.5) is 0 Å². The van der Waals surface area contributed by atoms with Gasteiger partial charge >= 0.3 is 0 Å². The quantitative estimate of drug-likeness (QED) is 0.749. The van der Waals surface area contributed by atoms with Crippen molar-refractivity contribution in [2.45, 2.75) is 26.3 Å². The first-order valence-electron chi connectivity index (χ1n) is 6.86. The summed E-state index contributed by atoms with van der Waals surface area (Å²) < 4.78 is 1.15. The number of rotatable bonds is 5. The van der Waals surface area contributed by atoms with E-state index in [4.69, 9.17) is 11.6 Å². The summed E-state index contributed by atoms with van der Waals surface area (Å²) in [7, 11) is 0. The maximum absolute atomic E-state index is 5.98. The molecule has 0 saturated carbocycles. The van der Waals surface area contributed by atoms with Crippen LogP contribution in [-0.2, 0) is 0 Å². The summed E-state index contributed by atoms with van der Waals surface area (Å²) in [6.45, 7) is 5.26. The average Bonchev–Trinajstić information content (AvgIpc) is 2.45. The lowest BCUT2D eigenvalue weighted by Crippen LogP contribution is -2.23. The Kier molecular flexibility index (Phi) is 5.64. The highest BCUT2D eigenvalue weighted by Gasteiger charge is 2.14. The molecule has 0 heterocycles. The minimum Gasteiger partial charge on any atom is -0.306 e. The van der Waals surface area contributed by atoms with Gasteiger partial charge in [0.25, 0.3) is 0 Å². The molecule has 1 nitrogen and oxygen atoms in total. The Morgan fingerprint density at radius 1 is 1.10 bits per heavy atom. The topological polar surface area (TPSA) is 12.0 Å². The van der Waals surface area contributed by atoms with Crippen LogP contribution in [0.25, 0.3) is 0 Å². The third kappa shape index (κ3) is 3.85. The van der Waals surface area contributed by atoms with E-state index in [1.807, 2.05) is 12.1 Å². The second-order valence-electron chi connectivity index (χ2n) is 4.95. The van der Waals surface area contributed by atoms with Crippen LogP contribution in [0.2, 0.25) is 5.02 Å². The Hall–Kier alpha value is -0.830. The van der Waals surface area contributed by atoms with Gasteiger partial charge in [0.15, 0.2) is 0 Å². The first kappa shape index (κ1) is 15.6. The third-order valence-corrected chi connectivity index (χ3v) is 4.44. The minimum absolute atomic E-state index is 0.198. The summed E-state index contributed by atoms with van der Waals surface area (Å²) in [6.07, 6.45) is 1.11. The summed E-state index contributed by atoms with van der Waals surface area (Å²) in [5, 5.41) is 4.38. The van der Waals surface area contributed by atoms with Gasteiger partial charge in [0.1, 0.15) is 0 Å². The normalized spacial score (nSPS) is 12.4. The van der Waals surface area contributed by atoms with Crippen LogP contribution in [0, 0.1) is 6.92 Å². The zero-order valence-corrected chi connectivity index (χ0v) is 14.1. The van der Waals surface area contributed by atoms with Gasteiger partial charge in [-0.05, 0) is 54.8 Å². The Morgan fingerprint density at radius 2 is 1.75 bits per heavy atom. The molecule has 1 N–H and O–H groups in total. The molecule has 2 aromatic rings. The van der Waals surface area contributed by atoms with Gasteiger partial charge in [0.2, 0.25) is 0 Å². The minimum atomic E-state index is 0.198. The average molecular weight is 353 g/mol. The van der Waals surface area contributed by atoms with Crippen LogP contribution in [0.5, 0.6) is 0 Å². The molecule has 0 aliphatic carbocycles. The SMILES string of the molecule is CCCNC(c1ccc(Cl)cc1)c1ccc(C)c(Br)c1. The molecule has 3 heteroatoms. The molecule has 0 aromatic heterocycles. The van der Waals surface area contributed by atoms with Crippen molar-refractivity contribution in [1.29, 1.82) is 0 Å². The molecule has 0 radical (unpaired) electrons. The van der Waals surface area contributed by atoms with Crippen LogP contribution in [0.3, 0.4) is 0 Å². The number of halogens is 2. The summed E-state index contributed by atoms with van der Waals surface area (Å²) in [5.74, 6) is 0. The van der Waals surface area contributed by atoms with Crippen molar-refractivity contribution in [2.24, 2.45) is 0 Å². The lowest BCUT2D eigenvalue weighted by molar-refractivity contribution is 0.598. The molecule has 0 aliphatic heterocycles. The van der Waals surface area contributed by atoms with Gasteiger partial charge in [-0.15, -0.1) is 0 Å².